The second-order valence-electron chi connectivity index (χ2n) is 31.2. The molecule has 0 amide bonds. The van der Waals surface area contributed by atoms with Crippen LogP contribution in [0.3, 0.4) is 0 Å². The fourth-order valence-corrected chi connectivity index (χ4v) is 14.2. The Balaban J connectivity index is 5.18. The predicted octanol–water partition coefficient (Wildman–Crippen LogP) is 24.4. The summed E-state index contributed by atoms with van der Waals surface area (Å²) >= 11 is 0. The van der Waals surface area contributed by atoms with Gasteiger partial charge in [0.15, 0.2) is 12.2 Å². The van der Waals surface area contributed by atoms with Gasteiger partial charge >= 0.3 is 39.5 Å². The molecule has 4 unspecified atom stereocenters. The van der Waals surface area contributed by atoms with Crippen LogP contribution in [0.25, 0.3) is 0 Å². The maximum Gasteiger partial charge on any atom is 0.472 e. The van der Waals surface area contributed by atoms with Gasteiger partial charge in [-0.05, 0) is 49.4 Å². The molecule has 0 saturated carbocycles. The normalized spacial score (nSPS) is 14.3. The first kappa shape index (κ1) is 99.1. The molecule has 0 aromatic heterocycles. The molecule has 101 heavy (non-hydrogen) atoms. The molecule has 17 nitrogen and oxygen atoms in total. The van der Waals surface area contributed by atoms with Gasteiger partial charge in [0.1, 0.15) is 19.3 Å². The molecule has 0 bridgehead atoms. The molecule has 0 heterocycles. The Labute approximate surface area is 619 Å². The van der Waals surface area contributed by atoms with Crippen molar-refractivity contribution < 1.29 is 80.2 Å². The Morgan fingerprint density at radius 2 is 0.475 bits per heavy atom. The van der Waals surface area contributed by atoms with Gasteiger partial charge in [0.05, 0.1) is 26.4 Å². The average molecular weight is 1480 g/mol. The lowest BCUT2D eigenvalue weighted by Crippen LogP contribution is -2.30. The second kappa shape index (κ2) is 71.0. The van der Waals surface area contributed by atoms with E-state index in [1.165, 1.54) is 218 Å². The molecule has 0 aliphatic heterocycles. The van der Waals surface area contributed by atoms with Crippen LogP contribution in [0, 0.1) is 23.7 Å². The van der Waals surface area contributed by atoms with E-state index >= 15 is 0 Å². The zero-order valence-corrected chi connectivity index (χ0v) is 68.3. The van der Waals surface area contributed by atoms with Crippen molar-refractivity contribution in [2.24, 2.45) is 23.7 Å². The summed E-state index contributed by atoms with van der Waals surface area (Å²) in [6.45, 7) is 14.3. The molecule has 0 aliphatic carbocycles. The first-order valence-corrected chi connectivity index (χ1v) is 45.2. The molecule has 0 aromatic carbocycles. The van der Waals surface area contributed by atoms with Crippen LogP contribution < -0.4 is 0 Å². The third-order valence-corrected chi connectivity index (χ3v) is 21.3. The van der Waals surface area contributed by atoms with Crippen molar-refractivity contribution in [2.45, 2.75) is 440 Å². The van der Waals surface area contributed by atoms with Gasteiger partial charge in [-0.15, -0.1) is 0 Å². The molecule has 0 spiro atoms. The molecule has 600 valence electrons. The summed E-state index contributed by atoms with van der Waals surface area (Å²) in [5, 5.41) is 10.6. The lowest BCUT2D eigenvalue weighted by molar-refractivity contribution is -0.161. The lowest BCUT2D eigenvalue weighted by atomic mass is 9.99. The van der Waals surface area contributed by atoms with Crippen LogP contribution >= 0.6 is 15.6 Å². The number of ether oxygens (including phenoxy) is 4. The molecule has 0 aliphatic rings. The van der Waals surface area contributed by atoms with Crippen molar-refractivity contribution in [1.29, 1.82) is 0 Å². The molecule has 3 N–H and O–H groups in total. The number of phosphoric acid groups is 2. The van der Waals surface area contributed by atoms with Crippen molar-refractivity contribution in [2.75, 3.05) is 39.6 Å². The van der Waals surface area contributed by atoms with E-state index in [1.807, 2.05) is 0 Å². The topological polar surface area (TPSA) is 237 Å². The van der Waals surface area contributed by atoms with E-state index in [2.05, 4.69) is 55.4 Å². The van der Waals surface area contributed by atoms with Crippen molar-refractivity contribution in [1.82, 2.24) is 0 Å². The number of hydrogen-bond donors (Lipinski definition) is 3. The van der Waals surface area contributed by atoms with Gasteiger partial charge in [0.2, 0.25) is 0 Å². The zero-order valence-electron chi connectivity index (χ0n) is 66.5. The summed E-state index contributed by atoms with van der Waals surface area (Å²) in [5.74, 6) is 1.00. The zero-order chi connectivity index (χ0) is 74.6. The predicted molar refractivity (Wildman–Crippen MR) is 414 cm³/mol. The summed E-state index contributed by atoms with van der Waals surface area (Å²) in [4.78, 5) is 73.0. The first-order valence-electron chi connectivity index (χ1n) is 42.2. The van der Waals surface area contributed by atoms with Crippen molar-refractivity contribution >= 4 is 39.5 Å². The molecular weight excluding hydrogens is 1320 g/mol. The Bertz CT molecular complexity index is 1970. The number of carbonyl (C=O) groups is 4. The van der Waals surface area contributed by atoms with Gasteiger partial charge in [0.25, 0.3) is 0 Å². The van der Waals surface area contributed by atoms with Crippen LogP contribution in [0.5, 0.6) is 0 Å². The fourth-order valence-electron chi connectivity index (χ4n) is 12.6. The number of esters is 4. The van der Waals surface area contributed by atoms with E-state index in [0.29, 0.717) is 31.6 Å². The quantitative estimate of drug-likeness (QED) is 0.0222. The highest BCUT2D eigenvalue weighted by molar-refractivity contribution is 7.47. The van der Waals surface area contributed by atoms with E-state index in [-0.39, 0.29) is 25.7 Å². The van der Waals surface area contributed by atoms with E-state index in [9.17, 15) is 43.2 Å². The molecule has 0 saturated heterocycles. The largest absolute Gasteiger partial charge is 0.472 e. The smallest absolute Gasteiger partial charge is 0.462 e. The first-order chi connectivity index (χ1) is 48.6. The summed E-state index contributed by atoms with van der Waals surface area (Å²) in [5.41, 5.74) is 0. The number of aliphatic hydroxyl groups excluding tert-OH is 1. The second-order valence-corrected chi connectivity index (χ2v) is 34.1. The summed E-state index contributed by atoms with van der Waals surface area (Å²) in [6, 6.07) is 0. The van der Waals surface area contributed by atoms with Crippen molar-refractivity contribution in [3.63, 3.8) is 0 Å². The molecule has 6 atom stereocenters. The van der Waals surface area contributed by atoms with E-state index < -0.39 is 97.5 Å². The van der Waals surface area contributed by atoms with Crippen LogP contribution in [0.15, 0.2) is 0 Å². The Morgan fingerprint density at radius 3 is 0.703 bits per heavy atom. The highest BCUT2D eigenvalue weighted by Gasteiger charge is 2.30. The molecule has 0 rings (SSSR count). The standard InChI is InChI=1S/C82H160O17P2/c1-9-75(8)61-53-45-37-29-22-18-14-12-10-11-13-15-19-23-30-38-46-54-62-79(84)92-68-77(98-82(87)65-57-49-40-32-26-25-28-35-43-51-59-73(4)5)70-96-100(88,89)94-66-76(83)67-95-101(90,91)97-71-78(69-93-80(85)63-55-47-41-33-36-44-52-60-74(6)7)99-81(86)64-56-48-39-31-24-20-16-17-21-27-34-42-50-58-72(2)3/h72-78,83H,9-71H2,1-8H3,(H,88,89)(H,90,91)/t75?,76?,77-,78-/m1/s1. The Morgan fingerprint density at radius 1 is 0.277 bits per heavy atom. The summed E-state index contributed by atoms with van der Waals surface area (Å²) in [7, 11) is -9.92. The van der Waals surface area contributed by atoms with Crippen LogP contribution in [-0.4, -0.2) is 96.7 Å². The third-order valence-electron chi connectivity index (χ3n) is 19.4. The van der Waals surface area contributed by atoms with Crippen LogP contribution in [0.1, 0.15) is 421 Å². The highest BCUT2D eigenvalue weighted by Crippen LogP contribution is 2.45. The van der Waals surface area contributed by atoms with Crippen molar-refractivity contribution in [3.8, 4) is 0 Å². The monoisotopic (exact) mass is 1480 g/mol. The van der Waals surface area contributed by atoms with Gasteiger partial charge in [-0.1, -0.05) is 370 Å². The van der Waals surface area contributed by atoms with Gasteiger partial charge in [-0.3, -0.25) is 37.3 Å². The van der Waals surface area contributed by atoms with Gasteiger partial charge in [-0.2, -0.15) is 0 Å². The van der Waals surface area contributed by atoms with E-state index in [1.54, 1.807) is 0 Å². The Hall–Kier alpha value is -1.94. The molecule has 0 radical (unpaired) electrons. The highest BCUT2D eigenvalue weighted by atomic mass is 31.2. The van der Waals surface area contributed by atoms with Gasteiger partial charge in [0, 0.05) is 25.7 Å². The molecular formula is C82H160O17P2. The number of unbranched alkanes of at least 4 members (excludes halogenated alkanes) is 44. The van der Waals surface area contributed by atoms with Gasteiger partial charge < -0.3 is 33.8 Å². The average Bonchev–Trinajstić information content (AvgIpc) is 0.922. The maximum atomic E-state index is 13.1. The number of hydrogen-bond acceptors (Lipinski definition) is 15. The van der Waals surface area contributed by atoms with E-state index in [0.717, 1.165) is 114 Å². The molecule has 19 heteroatoms. The van der Waals surface area contributed by atoms with Crippen LogP contribution in [-0.2, 0) is 65.4 Å². The van der Waals surface area contributed by atoms with Crippen LogP contribution in [0.2, 0.25) is 0 Å². The third kappa shape index (κ3) is 74.7. The maximum absolute atomic E-state index is 13.1. The number of aliphatic hydroxyl groups is 1. The lowest BCUT2D eigenvalue weighted by Gasteiger charge is -2.21. The minimum atomic E-state index is -4.96. The fraction of sp³-hybridized carbons (Fsp3) is 0.951. The number of rotatable bonds is 79. The summed E-state index contributed by atoms with van der Waals surface area (Å²) in [6.07, 6.45) is 58.4. The Kier molecular flexibility index (Phi) is 69.6. The SMILES string of the molecule is CCC(C)CCCCCCCCCCCCCCCCCCCCC(=O)OC[C@H](COP(=O)(O)OCC(O)COP(=O)(O)OC[C@@H](COC(=O)CCCCCCCCCC(C)C)OC(=O)CCCCCCCCCCCCCCCC(C)C)OC(=O)CCCCCCCCCCCCC(C)C. The summed E-state index contributed by atoms with van der Waals surface area (Å²) < 4.78 is 68.7. The van der Waals surface area contributed by atoms with Crippen molar-refractivity contribution in [3.05, 3.63) is 0 Å². The van der Waals surface area contributed by atoms with Crippen LogP contribution in [0.4, 0.5) is 0 Å². The van der Waals surface area contributed by atoms with Gasteiger partial charge in [-0.25, -0.2) is 9.13 Å². The minimum absolute atomic E-state index is 0.106. The molecule has 0 fully saturated rings. The van der Waals surface area contributed by atoms with E-state index in [4.69, 9.17) is 37.0 Å². The minimum Gasteiger partial charge on any atom is -0.462 e. The number of phosphoric ester groups is 2. The molecule has 0 aromatic rings. The number of carbonyl (C=O) groups excluding carboxylic acids is 4.